The largest absolute Gasteiger partial charge is 0.368 e. The number of nitrogens with two attached hydrogens (primary N) is 1. The van der Waals surface area contributed by atoms with Crippen molar-refractivity contribution in [2.24, 2.45) is 11.1 Å². The van der Waals surface area contributed by atoms with Gasteiger partial charge in [0.25, 0.3) is 0 Å². The van der Waals surface area contributed by atoms with Crippen LogP contribution in [0.25, 0.3) is 11.4 Å². The fourth-order valence-electron chi connectivity index (χ4n) is 3.85. The SMILES string of the molecule is CC(C)(C)C(C(N)=O)N1CCN(Cc2cnc(-c3cc(F)cc(Cl)c3)[nH]2)CC1. The summed E-state index contributed by atoms with van der Waals surface area (Å²) < 4.78 is 13.6. The predicted molar refractivity (Wildman–Crippen MR) is 108 cm³/mol. The van der Waals surface area contributed by atoms with Crippen molar-refractivity contribution >= 4 is 17.5 Å². The molecule has 6 nitrogen and oxygen atoms in total. The van der Waals surface area contributed by atoms with E-state index in [0.29, 0.717) is 23.0 Å². The summed E-state index contributed by atoms with van der Waals surface area (Å²) in [4.78, 5) is 24.0. The van der Waals surface area contributed by atoms with Crippen molar-refractivity contribution < 1.29 is 9.18 Å². The number of carbonyl (C=O) groups is 1. The third kappa shape index (κ3) is 4.90. The topological polar surface area (TPSA) is 78.2 Å². The Balaban J connectivity index is 1.61. The molecular weight excluding hydrogens is 381 g/mol. The van der Waals surface area contributed by atoms with Crippen molar-refractivity contribution in [1.82, 2.24) is 19.8 Å². The molecular formula is C20H27ClFN5O. The molecule has 1 atom stereocenters. The van der Waals surface area contributed by atoms with Gasteiger partial charge in [-0.3, -0.25) is 14.6 Å². The van der Waals surface area contributed by atoms with Crippen LogP contribution in [-0.4, -0.2) is 57.9 Å². The van der Waals surface area contributed by atoms with Crippen LogP contribution in [0, 0.1) is 11.2 Å². The molecule has 3 N–H and O–H groups in total. The Morgan fingerprint density at radius 3 is 2.54 bits per heavy atom. The molecule has 0 bridgehead atoms. The Hall–Kier alpha value is -1.96. The zero-order valence-corrected chi connectivity index (χ0v) is 17.3. The maximum absolute atomic E-state index is 13.6. The van der Waals surface area contributed by atoms with Crippen LogP contribution in [0.5, 0.6) is 0 Å². The number of hydrogen-bond acceptors (Lipinski definition) is 4. The zero-order chi connectivity index (χ0) is 20.5. The van der Waals surface area contributed by atoms with Crippen molar-refractivity contribution in [2.75, 3.05) is 26.2 Å². The summed E-state index contributed by atoms with van der Waals surface area (Å²) in [5.41, 5.74) is 7.02. The van der Waals surface area contributed by atoms with Crippen molar-refractivity contribution in [2.45, 2.75) is 33.4 Å². The summed E-state index contributed by atoms with van der Waals surface area (Å²) in [6.07, 6.45) is 1.77. The minimum atomic E-state index is -0.389. The summed E-state index contributed by atoms with van der Waals surface area (Å²) in [5.74, 6) is -0.0658. The van der Waals surface area contributed by atoms with Gasteiger partial charge in [0.15, 0.2) is 0 Å². The number of H-pyrrole nitrogens is 1. The third-order valence-corrected chi connectivity index (χ3v) is 5.24. The number of hydrogen-bond donors (Lipinski definition) is 2. The van der Waals surface area contributed by atoms with Crippen molar-refractivity contribution in [3.05, 3.63) is 40.9 Å². The summed E-state index contributed by atoms with van der Waals surface area (Å²) in [6.45, 7) is 10.1. The quantitative estimate of drug-likeness (QED) is 0.798. The minimum absolute atomic E-state index is 0.196. The molecule has 3 rings (SSSR count). The molecule has 0 aliphatic carbocycles. The van der Waals surface area contributed by atoms with Crippen LogP contribution in [-0.2, 0) is 11.3 Å². The average Bonchev–Trinajstić information content (AvgIpc) is 3.02. The average molecular weight is 408 g/mol. The van der Waals surface area contributed by atoms with Crippen molar-refractivity contribution in [3.63, 3.8) is 0 Å². The molecule has 1 amide bonds. The van der Waals surface area contributed by atoms with Crippen LogP contribution in [0.3, 0.4) is 0 Å². The van der Waals surface area contributed by atoms with E-state index >= 15 is 0 Å². The fraction of sp³-hybridized carbons (Fsp3) is 0.500. The van der Waals surface area contributed by atoms with Gasteiger partial charge in [0.2, 0.25) is 5.91 Å². The van der Waals surface area contributed by atoms with Crippen LogP contribution >= 0.6 is 11.6 Å². The van der Waals surface area contributed by atoms with Crippen LogP contribution < -0.4 is 5.73 Å². The molecule has 0 saturated carbocycles. The van der Waals surface area contributed by atoms with Crippen molar-refractivity contribution in [3.8, 4) is 11.4 Å². The lowest BCUT2D eigenvalue weighted by Gasteiger charge is -2.42. The molecule has 28 heavy (non-hydrogen) atoms. The van der Waals surface area contributed by atoms with Gasteiger partial charge in [-0.15, -0.1) is 0 Å². The van der Waals surface area contributed by atoms with Gasteiger partial charge in [0.05, 0.1) is 6.04 Å². The first kappa shape index (κ1) is 20.8. The highest BCUT2D eigenvalue weighted by atomic mass is 35.5. The van der Waals surface area contributed by atoms with E-state index < -0.39 is 0 Å². The number of imidazole rings is 1. The van der Waals surface area contributed by atoms with Gasteiger partial charge in [0.1, 0.15) is 11.6 Å². The minimum Gasteiger partial charge on any atom is -0.368 e. The number of aromatic nitrogens is 2. The smallest absolute Gasteiger partial charge is 0.235 e. The number of nitrogens with one attached hydrogen (secondary N) is 1. The van der Waals surface area contributed by atoms with E-state index in [2.05, 4.69) is 19.8 Å². The molecule has 1 fully saturated rings. The molecule has 1 aliphatic heterocycles. The van der Waals surface area contributed by atoms with Gasteiger partial charge < -0.3 is 10.7 Å². The van der Waals surface area contributed by atoms with Crippen LogP contribution in [0.2, 0.25) is 5.02 Å². The molecule has 2 aromatic rings. The zero-order valence-electron chi connectivity index (χ0n) is 16.5. The standard InChI is InChI=1S/C20H27ClFN5O/c1-20(2,3)17(18(23)28)27-6-4-26(5-7-27)12-16-11-24-19(25-16)13-8-14(21)10-15(22)9-13/h8-11,17H,4-7,12H2,1-3H3,(H2,23,28)(H,24,25). The number of rotatable bonds is 5. The second-order valence-corrected chi connectivity index (χ2v) is 8.83. The van der Waals surface area contributed by atoms with Gasteiger partial charge >= 0.3 is 0 Å². The second-order valence-electron chi connectivity index (χ2n) is 8.40. The third-order valence-electron chi connectivity index (χ3n) is 5.02. The van der Waals surface area contributed by atoms with E-state index in [1.165, 1.54) is 12.1 Å². The molecule has 0 radical (unpaired) electrons. The summed E-state index contributed by atoms with van der Waals surface area (Å²) in [5, 5.41) is 0.340. The lowest BCUT2D eigenvalue weighted by atomic mass is 9.85. The summed E-state index contributed by atoms with van der Waals surface area (Å²) in [7, 11) is 0. The molecule has 1 aromatic carbocycles. The first-order valence-corrected chi connectivity index (χ1v) is 9.77. The molecule has 1 aliphatic rings. The van der Waals surface area contributed by atoms with E-state index in [0.717, 1.165) is 31.9 Å². The van der Waals surface area contributed by atoms with Crippen LogP contribution in [0.4, 0.5) is 4.39 Å². The number of piperazine rings is 1. The Morgan fingerprint density at radius 1 is 1.29 bits per heavy atom. The fourth-order valence-corrected chi connectivity index (χ4v) is 4.07. The number of nitrogens with zero attached hydrogens (tertiary/aromatic N) is 3. The first-order chi connectivity index (χ1) is 13.1. The van der Waals surface area contributed by atoms with Gasteiger partial charge in [0, 0.05) is 55.2 Å². The molecule has 152 valence electrons. The Morgan fingerprint density at radius 2 is 1.96 bits per heavy atom. The van der Waals surface area contributed by atoms with E-state index in [1.807, 2.05) is 20.8 Å². The van der Waals surface area contributed by atoms with E-state index in [4.69, 9.17) is 17.3 Å². The Labute approximate surface area is 169 Å². The predicted octanol–water partition coefficient (Wildman–Crippen LogP) is 2.89. The first-order valence-electron chi connectivity index (χ1n) is 9.39. The maximum atomic E-state index is 13.6. The monoisotopic (exact) mass is 407 g/mol. The number of primary amides is 1. The number of amides is 1. The second kappa shape index (κ2) is 8.19. The molecule has 0 spiro atoms. The van der Waals surface area contributed by atoms with Crippen molar-refractivity contribution in [1.29, 1.82) is 0 Å². The molecule has 1 aromatic heterocycles. The van der Waals surface area contributed by atoms with Crippen LogP contribution in [0.1, 0.15) is 26.5 Å². The highest BCUT2D eigenvalue weighted by Crippen LogP contribution is 2.26. The Bertz CT molecular complexity index is 819. The number of halogens is 2. The molecule has 1 saturated heterocycles. The Kier molecular flexibility index (Phi) is 6.07. The van der Waals surface area contributed by atoms with Crippen LogP contribution in [0.15, 0.2) is 24.4 Å². The number of aromatic amines is 1. The van der Waals surface area contributed by atoms with E-state index in [1.54, 1.807) is 12.3 Å². The summed E-state index contributed by atoms with van der Waals surface area (Å²) >= 11 is 5.93. The lowest BCUT2D eigenvalue weighted by molar-refractivity contribution is -0.128. The van der Waals surface area contributed by atoms with Gasteiger partial charge in [-0.1, -0.05) is 32.4 Å². The van der Waals surface area contributed by atoms with Gasteiger partial charge in [-0.05, 0) is 23.6 Å². The molecule has 8 heteroatoms. The van der Waals surface area contributed by atoms with E-state index in [-0.39, 0.29) is 23.2 Å². The maximum Gasteiger partial charge on any atom is 0.235 e. The number of carbonyl (C=O) groups excluding carboxylic acids is 1. The highest BCUT2D eigenvalue weighted by Gasteiger charge is 2.36. The normalized spacial score (nSPS) is 17.6. The highest BCUT2D eigenvalue weighted by molar-refractivity contribution is 6.30. The summed E-state index contributed by atoms with van der Waals surface area (Å²) in [6, 6.07) is 4.09. The van der Waals surface area contributed by atoms with Gasteiger partial charge in [-0.2, -0.15) is 0 Å². The lowest BCUT2D eigenvalue weighted by Crippen LogP contribution is -2.58. The van der Waals surface area contributed by atoms with E-state index in [9.17, 15) is 9.18 Å². The molecule has 1 unspecified atom stereocenters. The molecule has 2 heterocycles. The van der Waals surface area contributed by atoms with Gasteiger partial charge in [-0.25, -0.2) is 9.37 Å². The number of benzene rings is 1.